The van der Waals surface area contributed by atoms with E-state index in [2.05, 4.69) is 0 Å². The Morgan fingerprint density at radius 1 is 1.31 bits per heavy atom. The van der Waals surface area contributed by atoms with Crippen molar-refractivity contribution >= 4 is 9.84 Å². The Balaban J connectivity index is 3.09. The zero-order valence-corrected chi connectivity index (χ0v) is 7.74. The van der Waals surface area contributed by atoms with E-state index in [0.29, 0.717) is 0 Å². The van der Waals surface area contributed by atoms with Crippen LogP contribution in [0.1, 0.15) is 0 Å². The Morgan fingerprint density at radius 2 is 1.85 bits per heavy atom. The zero-order valence-electron chi connectivity index (χ0n) is 6.92. The van der Waals surface area contributed by atoms with Crippen LogP contribution in [0.5, 0.6) is 0 Å². The van der Waals surface area contributed by atoms with Crippen molar-refractivity contribution in [2.24, 2.45) is 5.73 Å². The summed E-state index contributed by atoms with van der Waals surface area (Å²) in [7, 11) is -3.56. The number of nitrogens with two attached hydrogens (primary N) is 1. The maximum Gasteiger partial charge on any atom is 0.196 e. The molecule has 0 aliphatic heterocycles. The Hall–Kier alpha value is -0.910. The van der Waals surface area contributed by atoms with Crippen molar-refractivity contribution in [3.63, 3.8) is 0 Å². The Bertz CT molecular complexity index is 360. The van der Waals surface area contributed by atoms with Gasteiger partial charge in [-0.15, -0.1) is 0 Å². The minimum atomic E-state index is -3.56. The van der Waals surface area contributed by atoms with Gasteiger partial charge in [-0.25, -0.2) is 8.42 Å². The number of benzene rings is 1. The largest absolute Gasteiger partial charge is 0.394 e. The molecule has 13 heavy (non-hydrogen) atoms. The van der Waals surface area contributed by atoms with Crippen molar-refractivity contribution in [3.8, 4) is 0 Å². The third kappa shape index (κ3) is 2.06. The van der Waals surface area contributed by atoms with Gasteiger partial charge in [-0.1, -0.05) is 18.2 Å². The van der Waals surface area contributed by atoms with E-state index in [9.17, 15) is 8.42 Å². The average molecular weight is 201 g/mol. The SMILES string of the molecule is NC(CO)S(=O)(=O)c1ccccc1. The fourth-order valence-electron chi connectivity index (χ4n) is 0.883. The van der Waals surface area contributed by atoms with Crippen molar-refractivity contribution in [3.05, 3.63) is 30.3 Å². The Labute approximate surface area is 76.9 Å². The van der Waals surface area contributed by atoms with Crippen molar-refractivity contribution in [1.82, 2.24) is 0 Å². The lowest BCUT2D eigenvalue weighted by Gasteiger charge is -2.09. The predicted octanol–water partition coefficient (Wildman–Crippen LogP) is -0.263. The number of rotatable bonds is 3. The molecule has 0 aromatic heterocycles. The van der Waals surface area contributed by atoms with E-state index in [1.165, 1.54) is 12.1 Å². The van der Waals surface area contributed by atoms with E-state index in [0.717, 1.165) is 0 Å². The standard InChI is InChI=1S/C8H11NO3S/c9-8(6-10)13(11,12)7-4-2-1-3-5-7/h1-5,8,10H,6,9H2. The first-order valence-electron chi connectivity index (χ1n) is 3.74. The minimum absolute atomic E-state index is 0.136. The first-order valence-corrected chi connectivity index (χ1v) is 5.29. The van der Waals surface area contributed by atoms with Crippen molar-refractivity contribution in [1.29, 1.82) is 0 Å². The van der Waals surface area contributed by atoms with Gasteiger partial charge in [0, 0.05) is 0 Å². The molecular formula is C8H11NO3S. The van der Waals surface area contributed by atoms with Gasteiger partial charge in [-0.05, 0) is 12.1 Å². The molecule has 0 fully saturated rings. The first kappa shape index (κ1) is 10.2. The maximum absolute atomic E-state index is 11.5. The van der Waals surface area contributed by atoms with Crippen molar-refractivity contribution in [2.75, 3.05) is 6.61 Å². The van der Waals surface area contributed by atoms with Crippen LogP contribution in [0.25, 0.3) is 0 Å². The lowest BCUT2D eigenvalue weighted by molar-refractivity contribution is 0.292. The third-order valence-electron chi connectivity index (χ3n) is 1.65. The Morgan fingerprint density at radius 3 is 2.31 bits per heavy atom. The van der Waals surface area contributed by atoms with Gasteiger partial charge in [0.15, 0.2) is 9.84 Å². The summed E-state index contributed by atoms with van der Waals surface area (Å²) >= 11 is 0. The van der Waals surface area contributed by atoms with Gasteiger partial charge in [0.1, 0.15) is 5.37 Å². The highest BCUT2D eigenvalue weighted by Crippen LogP contribution is 2.11. The van der Waals surface area contributed by atoms with Gasteiger partial charge >= 0.3 is 0 Å². The molecule has 0 aliphatic rings. The molecule has 1 atom stereocenters. The van der Waals surface area contributed by atoms with Gasteiger partial charge in [-0.3, -0.25) is 0 Å². The summed E-state index contributed by atoms with van der Waals surface area (Å²) in [6, 6.07) is 7.83. The fourth-order valence-corrected chi connectivity index (χ4v) is 1.97. The number of aliphatic hydroxyl groups excluding tert-OH is 1. The molecule has 0 aliphatic carbocycles. The second kappa shape index (κ2) is 3.87. The molecule has 0 spiro atoms. The molecule has 3 N–H and O–H groups in total. The molecule has 0 bridgehead atoms. The van der Waals surface area contributed by atoms with E-state index in [1.54, 1.807) is 18.2 Å². The summed E-state index contributed by atoms with van der Waals surface area (Å²) in [6.45, 7) is -0.572. The second-order valence-corrected chi connectivity index (χ2v) is 4.75. The second-order valence-electron chi connectivity index (χ2n) is 2.58. The molecule has 1 aromatic carbocycles. The molecule has 5 heteroatoms. The summed E-state index contributed by atoms with van der Waals surface area (Å²) in [6.07, 6.45) is 0. The monoisotopic (exact) mass is 201 g/mol. The van der Waals surface area contributed by atoms with E-state index in [1.807, 2.05) is 0 Å². The van der Waals surface area contributed by atoms with Gasteiger partial charge in [-0.2, -0.15) is 0 Å². The van der Waals surface area contributed by atoms with E-state index in [4.69, 9.17) is 10.8 Å². The van der Waals surface area contributed by atoms with Crippen LogP contribution in [-0.4, -0.2) is 25.5 Å². The summed E-state index contributed by atoms with van der Waals surface area (Å²) in [5.74, 6) is 0. The molecule has 0 saturated heterocycles. The first-order chi connectivity index (χ1) is 6.09. The molecule has 0 amide bonds. The van der Waals surface area contributed by atoms with E-state index in [-0.39, 0.29) is 4.90 Å². The van der Waals surface area contributed by atoms with E-state index < -0.39 is 21.8 Å². The summed E-state index contributed by atoms with van der Waals surface area (Å²) in [5, 5.41) is 7.39. The van der Waals surface area contributed by atoms with Gasteiger partial charge in [0.05, 0.1) is 11.5 Å². The van der Waals surface area contributed by atoms with E-state index >= 15 is 0 Å². The number of aliphatic hydroxyl groups is 1. The topological polar surface area (TPSA) is 80.4 Å². The number of hydrogen-bond acceptors (Lipinski definition) is 4. The van der Waals surface area contributed by atoms with Crippen molar-refractivity contribution < 1.29 is 13.5 Å². The van der Waals surface area contributed by atoms with Gasteiger partial charge in [0.25, 0.3) is 0 Å². The molecule has 0 radical (unpaired) electrons. The predicted molar refractivity (Wildman–Crippen MR) is 48.7 cm³/mol. The minimum Gasteiger partial charge on any atom is -0.394 e. The van der Waals surface area contributed by atoms with Crippen LogP contribution in [-0.2, 0) is 9.84 Å². The molecule has 1 rings (SSSR count). The Kier molecular flexibility index (Phi) is 3.02. The average Bonchev–Trinajstić information content (AvgIpc) is 2.18. The maximum atomic E-state index is 11.5. The van der Waals surface area contributed by atoms with Crippen LogP contribution in [0.2, 0.25) is 0 Å². The highest BCUT2D eigenvalue weighted by molar-refractivity contribution is 7.92. The van der Waals surface area contributed by atoms with Crippen molar-refractivity contribution in [2.45, 2.75) is 10.3 Å². The highest BCUT2D eigenvalue weighted by atomic mass is 32.2. The van der Waals surface area contributed by atoms with Gasteiger partial charge < -0.3 is 10.8 Å². The summed E-state index contributed by atoms with van der Waals surface area (Å²) < 4.78 is 23.0. The number of sulfone groups is 1. The fraction of sp³-hybridized carbons (Fsp3) is 0.250. The lowest BCUT2D eigenvalue weighted by atomic mass is 10.4. The van der Waals surface area contributed by atoms with Gasteiger partial charge in [0.2, 0.25) is 0 Å². The molecule has 1 aromatic rings. The molecule has 72 valence electrons. The highest BCUT2D eigenvalue weighted by Gasteiger charge is 2.22. The van der Waals surface area contributed by atoms with Crippen LogP contribution >= 0.6 is 0 Å². The quantitative estimate of drug-likeness (QED) is 0.706. The molecular weight excluding hydrogens is 190 g/mol. The number of hydrogen-bond donors (Lipinski definition) is 2. The smallest absolute Gasteiger partial charge is 0.196 e. The van der Waals surface area contributed by atoms with Crippen LogP contribution in [0.3, 0.4) is 0 Å². The summed E-state index contributed by atoms with van der Waals surface area (Å²) in [4.78, 5) is 0.136. The zero-order chi connectivity index (χ0) is 9.90. The molecule has 0 saturated carbocycles. The molecule has 1 unspecified atom stereocenters. The third-order valence-corrected chi connectivity index (χ3v) is 3.53. The normalized spacial score (nSPS) is 14.0. The lowest BCUT2D eigenvalue weighted by Crippen LogP contribution is -2.33. The van der Waals surface area contributed by atoms with Crippen LogP contribution in [0, 0.1) is 0 Å². The van der Waals surface area contributed by atoms with Crippen LogP contribution in [0.15, 0.2) is 35.2 Å². The van der Waals surface area contributed by atoms with Crippen LogP contribution in [0.4, 0.5) is 0 Å². The molecule has 0 heterocycles. The van der Waals surface area contributed by atoms with Crippen LogP contribution < -0.4 is 5.73 Å². The summed E-state index contributed by atoms with van der Waals surface area (Å²) in [5.41, 5.74) is 5.24. The molecule has 4 nitrogen and oxygen atoms in total.